The molecule has 2 aromatic carbocycles. The molecule has 0 radical (unpaired) electrons. The van der Waals surface area contributed by atoms with E-state index in [-0.39, 0.29) is 26.6 Å². The molecule has 1 aliphatic rings. The number of primary amides is 1. The molecule has 0 bridgehead atoms. The number of sulfone groups is 1. The van der Waals surface area contributed by atoms with Crippen LogP contribution < -0.4 is 11.1 Å². The lowest BCUT2D eigenvalue weighted by Gasteiger charge is -2.20. The second-order valence-electron chi connectivity index (χ2n) is 4.50. The standard InChI is InChI=1S/C14H10N2O4S/c15-14(18)16-9-5-3-7-11-12(9)13(17)8-4-1-2-6-10(8)21(11,19)20/h1-7H,(H3,15,16,18). The van der Waals surface area contributed by atoms with Gasteiger partial charge in [-0.05, 0) is 24.3 Å². The quantitative estimate of drug-likeness (QED) is 0.711. The van der Waals surface area contributed by atoms with Crippen molar-refractivity contribution in [3.63, 3.8) is 0 Å². The number of nitrogens with two attached hydrogens (primary N) is 1. The molecule has 2 aromatic rings. The van der Waals surface area contributed by atoms with Gasteiger partial charge in [-0.2, -0.15) is 0 Å². The van der Waals surface area contributed by atoms with Crippen molar-refractivity contribution >= 4 is 27.3 Å². The van der Waals surface area contributed by atoms with Gasteiger partial charge in [-0.25, -0.2) is 13.2 Å². The zero-order chi connectivity index (χ0) is 15.2. The van der Waals surface area contributed by atoms with E-state index in [1.165, 1.54) is 30.3 Å². The van der Waals surface area contributed by atoms with Crippen molar-refractivity contribution in [1.82, 2.24) is 0 Å². The van der Waals surface area contributed by atoms with Crippen LogP contribution >= 0.6 is 0 Å². The lowest BCUT2D eigenvalue weighted by molar-refractivity contribution is 0.103. The first kappa shape index (κ1) is 13.3. The molecule has 0 aliphatic carbocycles. The number of carbonyl (C=O) groups is 2. The average Bonchev–Trinajstić information content (AvgIpc) is 2.44. The van der Waals surface area contributed by atoms with Crippen molar-refractivity contribution in [3.8, 4) is 0 Å². The average molecular weight is 302 g/mol. The summed E-state index contributed by atoms with van der Waals surface area (Å²) in [6, 6.07) is 9.33. The van der Waals surface area contributed by atoms with Crippen molar-refractivity contribution < 1.29 is 18.0 Å². The van der Waals surface area contributed by atoms with Gasteiger partial charge in [-0.3, -0.25) is 4.79 Å². The van der Waals surface area contributed by atoms with Crippen LogP contribution in [0.25, 0.3) is 0 Å². The zero-order valence-corrected chi connectivity index (χ0v) is 11.5. The minimum absolute atomic E-state index is 0.0290. The number of hydrogen-bond acceptors (Lipinski definition) is 4. The highest BCUT2D eigenvalue weighted by atomic mass is 32.2. The molecule has 0 saturated carbocycles. The fraction of sp³-hybridized carbons (Fsp3) is 0. The first-order valence-corrected chi connectivity index (χ1v) is 7.49. The normalized spacial score (nSPS) is 15.0. The molecule has 0 unspecified atom stereocenters. The molecule has 3 N–H and O–H groups in total. The van der Waals surface area contributed by atoms with E-state index in [1.54, 1.807) is 12.1 Å². The summed E-state index contributed by atoms with van der Waals surface area (Å²) in [6.07, 6.45) is 0. The molecule has 1 aliphatic heterocycles. The van der Waals surface area contributed by atoms with Crippen molar-refractivity contribution in [2.45, 2.75) is 9.79 Å². The van der Waals surface area contributed by atoms with E-state index in [4.69, 9.17) is 5.73 Å². The Morgan fingerprint density at radius 1 is 1.00 bits per heavy atom. The van der Waals surface area contributed by atoms with Gasteiger partial charge >= 0.3 is 6.03 Å². The van der Waals surface area contributed by atoms with Crippen LogP contribution in [-0.2, 0) is 9.84 Å². The van der Waals surface area contributed by atoms with Crippen LogP contribution in [0.1, 0.15) is 15.9 Å². The SMILES string of the molecule is NC(=O)Nc1cccc2c1C(=O)c1ccccc1S2(=O)=O. The molecule has 2 amide bonds. The van der Waals surface area contributed by atoms with E-state index < -0.39 is 21.7 Å². The molecule has 0 atom stereocenters. The van der Waals surface area contributed by atoms with Gasteiger partial charge < -0.3 is 11.1 Å². The van der Waals surface area contributed by atoms with Crippen LogP contribution in [0.5, 0.6) is 0 Å². The maximum absolute atomic E-state index is 12.6. The summed E-state index contributed by atoms with van der Waals surface area (Å²) in [5.74, 6) is -0.459. The monoisotopic (exact) mass is 302 g/mol. The van der Waals surface area contributed by atoms with Crippen molar-refractivity contribution in [3.05, 3.63) is 53.6 Å². The highest BCUT2D eigenvalue weighted by Crippen LogP contribution is 2.37. The van der Waals surface area contributed by atoms with Gasteiger partial charge in [0.25, 0.3) is 0 Å². The van der Waals surface area contributed by atoms with E-state index in [2.05, 4.69) is 5.32 Å². The zero-order valence-electron chi connectivity index (χ0n) is 10.7. The molecule has 1 heterocycles. The van der Waals surface area contributed by atoms with Crippen molar-refractivity contribution in [1.29, 1.82) is 0 Å². The summed E-state index contributed by atoms with van der Waals surface area (Å²) in [6.45, 7) is 0. The molecular weight excluding hydrogens is 292 g/mol. The summed E-state index contributed by atoms with van der Waals surface area (Å²) in [7, 11) is -3.81. The third-order valence-electron chi connectivity index (χ3n) is 3.22. The van der Waals surface area contributed by atoms with Gasteiger partial charge in [0, 0.05) is 5.56 Å². The molecule has 3 rings (SSSR count). The molecular formula is C14H10N2O4S. The second kappa shape index (κ2) is 4.42. The Bertz CT molecular complexity index is 888. The third-order valence-corrected chi connectivity index (χ3v) is 5.08. The summed E-state index contributed by atoms with van der Waals surface area (Å²) in [5.41, 5.74) is 5.17. The summed E-state index contributed by atoms with van der Waals surface area (Å²) >= 11 is 0. The van der Waals surface area contributed by atoms with Gasteiger partial charge in [-0.1, -0.05) is 18.2 Å². The van der Waals surface area contributed by atoms with E-state index >= 15 is 0 Å². The molecule has 0 saturated heterocycles. The molecule has 7 heteroatoms. The second-order valence-corrected chi connectivity index (χ2v) is 6.38. The Balaban J connectivity index is 2.36. The number of rotatable bonds is 1. The lowest BCUT2D eigenvalue weighted by Crippen LogP contribution is -2.25. The van der Waals surface area contributed by atoms with E-state index in [0.29, 0.717) is 0 Å². The molecule has 6 nitrogen and oxygen atoms in total. The third kappa shape index (κ3) is 1.90. The smallest absolute Gasteiger partial charge is 0.316 e. The Kier molecular flexibility index (Phi) is 2.80. The number of anilines is 1. The minimum atomic E-state index is -3.81. The van der Waals surface area contributed by atoms with Crippen molar-refractivity contribution in [2.75, 3.05) is 5.32 Å². The van der Waals surface area contributed by atoms with Gasteiger partial charge in [0.15, 0.2) is 5.78 Å². The lowest BCUT2D eigenvalue weighted by atomic mass is 10.0. The fourth-order valence-electron chi connectivity index (χ4n) is 2.37. The number of hydrogen-bond donors (Lipinski definition) is 2. The molecule has 0 spiro atoms. The fourth-order valence-corrected chi connectivity index (χ4v) is 4.04. The first-order chi connectivity index (χ1) is 9.93. The number of benzene rings is 2. The number of fused-ring (bicyclic) bond motifs is 2. The number of amides is 2. The van der Waals surface area contributed by atoms with Crippen LogP contribution in [0.3, 0.4) is 0 Å². The van der Waals surface area contributed by atoms with E-state index in [1.807, 2.05) is 0 Å². The minimum Gasteiger partial charge on any atom is -0.351 e. The summed E-state index contributed by atoms with van der Waals surface area (Å²) in [4.78, 5) is 23.4. The van der Waals surface area contributed by atoms with Gasteiger partial charge in [0.05, 0.1) is 21.0 Å². The Morgan fingerprint density at radius 2 is 1.67 bits per heavy atom. The predicted molar refractivity (Wildman–Crippen MR) is 75.0 cm³/mol. The molecule has 0 aromatic heterocycles. The predicted octanol–water partition coefficient (Wildman–Crippen LogP) is 1.55. The largest absolute Gasteiger partial charge is 0.351 e. The highest BCUT2D eigenvalue weighted by molar-refractivity contribution is 7.91. The van der Waals surface area contributed by atoms with E-state index in [0.717, 1.165) is 0 Å². The van der Waals surface area contributed by atoms with Crippen LogP contribution in [0, 0.1) is 0 Å². The van der Waals surface area contributed by atoms with Crippen LogP contribution in [0.15, 0.2) is 52.3 Å². The topological polar surface area (TPSA) is 106 Å². The van der Waals surface area contributed by atoms with Gasteiger partial charge in [-0.15, -0.1) is 0 Å². The molecule has 21 heavy (non-hydrogen) atoms. The number of urea groups is 1. The van der Waals surface area contributed by atoms with Crippen LogP contribution in [0.4, 0.5) is 10.5 Å². The maximum Gasteiger partial charge on any atom is 0.316 e. The van der Waals surface area contributed by atoms with Gasteiger partial charge in [0.2, 0.25) is 9.84 Å². The van der Waals surface area contributed by atoms with E-state index in [9.17, 15) is 18.0 Å². The number of ketones is 1. The van der Waals surface area contributed by atoms with Crippen LogP contribution in [-0.4, -0.2) is 20.2 Å². The Hall–Kier alpha value is -2.67. The van der Waals surface area contributed by atoms with Gasteiger partial charge in [0.1, 0.15) is 0 Å². The molecule has 106 valence electrons. The molecule has 0 fully saturated rings. The van der Waals surface area contributed by atoms with Crippen molar-refractivity contribution in [2.24, 2.45) is 5.73 Å². The Labute approximate surface area is 120 Å². The summed E-state index contributed by atoms with van der Waals surface area (Å²) < 4.78 is 25.2. The van der Waals surface area contributed by atoms with Crippen LogP contribution in [0.2, 0.25) is 0 Å². The number of carbonyl (C=O) groups excluding carboxylic acids is 2. The Morgan fingerprint density at radius 3 is 2.38 bits per heavy atom. The summed E-state index contributed by atoms with van der Waals surface area (Å²) in [5, 5.41) is 2.29. The first-order valence-electron chi connectivity index (χ1n) is 6.01. The number of nitrogens with one attached hydrogen (secondary N) is 1. The highest BCUT2D eigenvalue weighted by Gasteiger charge is 2.36. The maximum atomic E-state index is 12.6.